The summed E-state index contributed by atoms with van der Waals surface area (Å²) in [6.07, 6.45) is 2.66. The molecule has 2 N–H and O–H groups in total. The van der Waals surface area contributed by atoms with Crippen LogP contribution in [0.1, 0.15) is 34.4 Å². The van der Waals surface area contributed by atoms with Gasteiger partial charge < -0.3 is 5.11 Å². The number of hydrogen-bond donors (Lipinski definition) is 2. The maximum atomic E-state index is 13.6. The van der Waals surface area contributed by atoms with Gasteiger partial charge in [0.1, 0.15) is 18.2 Å². The Labute approximate surface area is 131 Å². The zero-order valence-corrected chi connectivity index (χ0v) is 12.7. The molecule has 2 aromatic heterocycles. The Kier molecular flexibility index (Phi) is 4.60. The van der Waals surface area contributed by atoms with Crippen molar-refractivity contribution >= 4 is 11.3 Å². The maximum Gasteiger partial charge on any atom is 0.153 e. The summed E-state index contributed by atoms with van der Waals surface area (Å²) in [4.78, 5) is 5.06. The molecule has 4 nitrogen and oxygen atoms in total. The summed E-state index contributed by atoms with van der Waals surface area (Å²) in [5, 5.41) is 18.4. The van der Waals surface area contributed by atoms with Gasteiger partial charge >= 0.3 is 0 Å². The molecule has 0 saturated carbocycles. The number of H-pyrrole nitrogens is 1. The van der Waals surface area contributed by atoms with Crippen LogP contribution in [-0.2, 0) is 12.8 Å². The monoisotopic (exact) mass is 317 g/mol. The summed E-state index contributed by atoms with van der Waals surface area (Å²) < 4.78 is 13.6. The first-order valence-electron chi connectivity index (χ1n) is 7.05. The molecule has 0 aliphatic rings. The summed E-state index contributed by atoms with van der Waals surface area (Å²) in [6.45, 7) is 0. The fourth-order valence-electron chi connectivity index (χ4n) is 2.30. The molecule has 0 aliphatic heterocycles. The fourth-order valence-corrected chi connectivity index (χ4v) is 3.24. The summed E-state index contributed by atoms with van der Waals surface area (Å²) in [5.74, 6) is 0.319. The summed E-state index contributed by atoms with van der Waals surface area (Å²) >= 11 is 1.62. The number of thiophene rings is 1. The third-order valence-electron chi connectivity index (χ3n) is 3.49. The molecule has 0 bridgehead atoms. The van der Waals surface area contributed by atoms with Gasteiger partial charge in [-0.15, -0.1) is 11.3 Å². The van der Waals surface area contributed by atoms with Crippen molar-refractivity contribution < 1.29 is 9.50 Å². The van der Waals surface area contributed by atoms with Crippen LogP contribution in [0, 0.1) is 5.82 Å². The summed E-state index contributed by atoms with van der Waals surface area (Å²) in [7, 11) is 0. The number of nitrogens with one attached hydrogen (secondary N) is 1. The molecule has 0 fully saturated rings. The van der Waals surface area contributed by atoms with E-state index in [-0.39, 0.29) is 5.82 Å². The molecule has 3 aromatic rings. The molecule has 6 heteroatoms. The molecule has 1 aromatic carbocycles. The van der Waals surface area contributed by atoms with Gasteiger partial charge in [0.15, 0.2) is 5.82 Å². The fraction of sp³-hybridized carbons (Fsp3) is 0.250. The van der Waals surface area contributed by atoms with Crippen molar-refractivity contribution in [2.45, 2.75) is 25.4 Å². The second-order valence-corrected chi connectivity index (χ2v) is 6.11. The van der Waals surface area contributed by atoms with E-state index < -0.39 is 6.10 Å². The molecule has 0 radical (unpaired) electrons. The largest absolute Gasteiger partial charge is 0.385 e. The van der Waals surface area contributed by atoms with Crippen LogP contribution in [0.15, 0.2) is 42.0 Å². The van der Waals surface area contributed by atoms with Gasteiger partial charge in [0, 0.05) is 11.3 Å². The first kappa shape index (κ1) is 14.9. The first-order chi connectivity index (χ1) is 10.7. The number of rotatable bonds is 6. The highest BCUT2D eigenvalue weighted by atomic mass is 32.1. The van der Waals surface area contributed by atoms with E-state index in [1.165, 1.54) is 12.4 Å². The Bertz CT molecular complexity index is 727. The SMILES string of the molecule is OC(CCc1csc(Cc2ccccc2F)c1)c1ncn[nH]1. The van der Waals surface area contributed by atoms with Crippen molar-refractivity contribution in [3.05, 3.63) is 69.7 Å². The van der Waals surface area contributed by atoms with Crippen LogP contribution in [0.4, 0.5) is 4.39 Å². The zero-order chi connectivity index (χ0) is 15.4. The average Bonchev–Trinajstić information content (AvgIpc) is 3.19. The Morgan fingerprint density at radius 1 is 1.32 bits per heavy atom. The highest BCUT2D eigenvalue weighted by Gasteiger charge is 2.11. The van der Waals surface area contributed by atoms with E-state index in [2.05, 4.69) is 26.6 Å². The summed E-state index contributed by atoms with van der Waals surface area (Å²) in [6, 6.07) is 8.91. The lowest BCUT2D eigenvalue weighted by Gasteiger charge is -2.05. The van der Waals surface area contributed by atoms with E-state index in [0.29, 0.717) is 24.2 Å². The molecule has 2 heterocycles. The van der Waals surface area contributed by atoms with Gasteiger partial charge in [-0.05, 0) is 41.5 Å². The predicted octanol–water partition coefficient (Wildman–Crippen LogP) is 3.26. The van der Waals surface area contributed by atoms with Crippen LogP contribution in [0.5, 0.6) is 0 Å². The van der Waals surface area contributed by atoms with Gasteiger partial charge in [0.05, 0.1) is 0 Å². The second-order valence-electron chi connectivity index (χ2n) is 5.11. The van der Waals surface area contributed by atoms with Crippen LogP contribution in [0.25, 0.3) is 0 Å². The molecule has 0 saturated heterocycles. The van der Waals surface area contributed by atoms with Gasteiger partial charge in [-0.1, -0.05) is 18.2 Å². The third kappa shape index (κ3) is 3.58. The number of aryl methyl sites for hydroxylation is 1. The van der Waals surface area contributed by atoms with E-state index in [1.807, 2.05) is 12.1 Å². The van der Waals surface area contributed by atoms with Crippen molar-refractivity contribution in [3.63, 3.8) is 0 Å². The number of benzene rings is 1. The Morgan fingerprint density at radius 3 is 2.95 bits per heavy atom. The number of aliphatic hydroxyl groups is 1. The highest BCUT2D eigenvalue weighted by Crippen LogP contribution is 2.23. The average molecular weight is 317 g/mol. The van der Waals surface area contributed by atoms with Crippen molar-refractivity contribution in [1.82, 2.24) is 15.2 Å². The zero-order valence-electron chi connectivity index (χ0n) is 11.9. The molecule has 114 valence electrons. The van der Waals surface area contributed by atoms with Gasteiger partial charge in [-0.3, -0.25) is 5.10 Å². The molecule has 0 amide bonds. The minimum Gasteiger partial charge on any atom is -0.385 e. The normalized spacial score (nSPS) is 12.5. The molecule has 0 aliphatic carbocycles. The first-order valence-corrected chi connectivity index (χ1v) is 7.93. The van der Waals surface area contributed by atoms with Gasteiger partial charge in [0.2, 0.25) is 0 Å². The van der Waals surface area contributed by atoms with Crippen molar-refractivity contribution in [2.24, 2.45) is 0 Å². The number of hydrogen-bond acceptors (Lipinski definition) is 4. The molecule has 22 heavy (non-hydrogen) atoms. The van der Waals surface area contributed by atoms with Crippen molar-refractivity contribution in [2.75, 3.05) is 0 Å². The number of nitrogens with zero attached hydrogens (tertiary/aromatic N) is 2. The van der Waals surface area contributed by atoms with Crippen LogP contribution in [-0.4, -0.2) is 20.3 Å². The minimum atomic E-state index is -0.641. The highest BCUT2D eigenvalue weighted by molar-refractivity contribution is 7.10. The number of aromatic nitrogens is 3. The number of aliphatic hydroxyl groups excluding tert-OH is 1. The molecular formula is C16H16FN3OS. The molecular weight excluding hydrogens is 301 g/mol. The molecule has 0 spiro atoms. The van der Waals surface area contributed by atoms with Crippen LogP contribution in [0.3, 0.4) is 0 Å². The summed E-state index contributed by atoms with van der Waals surface area (Å²) in [5.41, 5.74) is 1.85. The van der Waals surface area contributed by atoms with E-state index >= 15 is 0 Å². The molecule has 1 atom stereocenters. The molecule has 3 rings (SSSR count). The lowest BCUT2D eigenvalue weighted by molar-refractivity contribution is 0.158. The topological polar surface area (TPSA) is 61.8 Å². The smallest absolute Gasteiger partial charge is 0.153 e. The van der Waals surface area contributed by atoms with E-state index in [0.717, 1.165) is 16.9 Å². The van der Waals surface area contributed by atoms with Gasteiger partial charge in [0.25, 0.3) is 0 Å². The number of aromatic amines is 1. The standard InChI is InChI=1S/C16H16FN3OS/c17-14-4-2-1-3-12(14)8-13-7-11(9-22-13)5-6-15(21)16-18-10-19-20-16/h1-4,7,9-10,15,21H,5-6,8H2,(H,18,19,20). The quantitative estimate of drug-likeness (QED) is 0.733. The lowest BCUT2D eigenvalue weighted by atomic mass is 10.1. The van der Waals surface area contributed by atoms with E-state index in [1.54, 1.807) is 17.4 Å². The molecule has 1 unspecified atom stereocenters. The van der Waals surface area contributed by atoms with Crippen LogP contribution >= 0.6 is 11.3 Å². The minimum absolute atomic E-state index is 0.168. The van der Waals surface area contributed by atoms with Crippen molar-refractivity contribution in [3.8, 4) is 0 Å². The Balaban J connectivity index is 1.58. The van der Waals surface area contributed by atoms with E-state index in [4.69, 9.17) is 0 Å². The lowest BCUT2D eigenvalue weighted by Crippen LogP contribution is -2.01. The van der Waals surface area contributed by atoms with E-state index in [9.17, 15) is 9.50 Å². The van der Waals surface area contributed by atoms with Crippen LogP contribution in [0.2, 0.25) is 0 Å². The number of halogens is 1. The Morgan fingerprint density at radius 2 is 2.18 bits per heavy atom. The third-order valence-corrected chi connectivity index (χ3v) is 4.47. The van der Waals surface area contributed by atoms with Crippen molar-refractivity contribution in [1.29, 1.82) is 0 Å². The Hall–Kier alpha value is -2.05. The van der Waals surface area contributed by atoms with Crippen LogP contribution < -0.4 is 0 Å². The maximum absolute atomic E-state index is 13.6. The van der Waals surface area contributed by atoms with Gasteiger partial charge in [-0.2, -0.15) is 5.10 Å². The predicted molar refractivity (Wildman–Crippen MR) is 83.2 cm³/mol. The van der Waals surface area contributed by atoms with Gasteiger partial charge in [-0.25, -0.2) is 9.37 Å². The second kappa shape index (κ2) is 6.81.